The van der Waals surface area contributed by atoms with E-state index in [9.17, 15) is 4.79 Å². The zero-order valence-corrected chi connectivity index (χ0v) is 17.6. The summed E-state index contributed by atoms with van der Waals surface area (Å²) < 4.78 is 4.40. The second-order valence-electron chi connectivity index (χ2n) is 7.13. The highest BCUT2D eigenvalue weighted by molar-refractivity contribution is 9.10. The Morgan fingerprint density at radius 3 is 2.73 bits per heavy atom. The molecule has 0 aliphatic heterocycles. The number of tetrazole rings is 1. The maximum atomic E-state index is 12.8. The van der Waals surface area contributed by atoms with E-state index in [0.717, 1.165) is 28.6 Å². The number of amides is 1. The zero-order valence-electron chi connectivity index (χ0n) is 16.0. The van der Waals surface area contributed by atoms with Gasteiger partial charge in [-0.1, -0.05) is 39.3 Å². The summed E-state index contributed by atoms with van der Waals surface area (Å²) in [5.41, 5.74) is 3.23. The number of carbonyl (C=O) groups excluding carboxylic acids is 1. The zero-order chi connectivity index (χ0) is 20.7. The highest BCUT2D eigenvalue weighted by Gasteiger charge is 2.28. The SMILES string of the molecule is Cc1c(C(=O)Nc2cccc(-c3nnnn3C3CC3)c2)nnn1-c1cccc(Br)c1. The number of aromatic nitrogens is 7. The molecule has 1 N–H and O–H groups in total. The van der Waals surface area contributed by atoms with Crippen LogP contribution in [0.2, 0.25) is 0 Å². The third kappa shape index (κ3) is 3.50. The summed E-state index contributed by atoms with van der Waals surface area (Å²) in [6.07, 6.45) is 2.17. The minimum Gasteiger partial charge on any atom is -0.321 e. The Morgan fingerprint density at radius 2 is 1.93 bits per heavy atom. The monoisotopic (exact) mass is 464 g/mol. The van der Waals surface area contributed by atoms with Gasteiger partial charge in [0, 0.05) is 15.7 Å². The Labute approximate surface area is 180 Å². The Hall–Kier alpha value is -3.40. The number of hydrogen-bond acceptors (Lipinski definition) is 6. The first-order valence-electron chi connectivity index (χ1n) is 9.48. The molecule has 1 saturated carbocycles. The molecule has 1 aliphatic carbocycles. The van der Waals surface area contributed by atoms with Gasteiger partial charge in [0.25, 0.3) is 5.91 Å². The van der Waals surface area contributed by atoms with Crippen molar-refractivity contribution >= 4 is 27.5 Å². The van der Waals surface area contributed by atoms with Gasteiger partial charge in [-0.25, -0.2) is 9.36 Å². The molecule has 0 radical (unpaired) electrons. The van der Waals surface area contributed by atoms with Gasteiger partial charge in [-0.2, -0.15) is 0 Å². The molecule has 2 aromatic heterocycles. The quantitative estimate of drug-likeness (QED) is 0.483. The summed E-state index contributed by atoms with van der Waals surface area (Å²) in [7, 11) is 0. The molecule has 150 valence electrons. The van der Waals surface area contributed by atoms with Gasteiger partial charge in [0.05, 0.1) is 17.4 Å². The van der Waals surface area contributed by atoms with Crippen molar-refractivity contribution in [2.75, 3.05) is 5.32 Å². The van der Waals surface area contributed by atoms with Gasteiger partial charge in [-0.3, -0.25) is 4.79 Å². The second-order valence-corrected chi connectivity index (χ2v) is 8.04. The third-order valence-corrected chi connectivity index (χ3v) is 5.42. The molecule has 0 atom stereocenters. The largest absolute Gasteiger partial charge is 0.321 e. The summed E-state index contributed by atoms with van der Waals surface area (Å²) >= 11 is 3.45. The van der Waals surface area contributed by atoms with Gasteiger partial charge in [-0.15, -0.1) is 10.2 Å². The predicted octanol–water partition coefficient (Wildman–Crippen LogP) is 3.58. The van der Waals surface area contributed by atoms with Crippen molar-refractivity contribution in [2.45, 2.75) is 25.8 Å². The number of nitrogens with zero attached hydrogens (tertiary/aromatic N) is 7. The summed E-state index contributed by atoms with van der Waals surface area (Å²) in [4.78, 5) is 12.8. The van der Waals surface area contributed by atoms with Crippen LogP contribution < -0.4 is 5.32 Å². The van der Waals surface area contributed by atoms with Crippen molar-refractivity contribution in [3.8, 4) is 17.1 Å². The summed E-state index contributed by atoms with van der Waals surface area (Å²) in [6, 6.07) is 15.5. The first-order chi connectivity index (χ1) is 14.6. The predicted molar refractivity (Wildman–Crippen MR) is 113 cm³/mol. The fraction of sp³-hybridized carbons (Fsp3) is 0.200. The molecule has 0 saturated heterocycles. The van der Waals surface area contributed by atoms with Crippen LogP contribution in [0.1, 0.15) is 35.1 Å². The molecule has 1 amide bonds. The van der Waals surface area contributed by atoms with Crippen molar-refractivity contribution in [2.24, 2.45) is 0 Å². The van der Waals surface area contributed by atoms with Crippen LogP contribution >= 0.6 is 15.9 Å². The van der Waals surface area contributed by atoms with Gasteiger partial charge >= 0.3 is 0 Å². The standard InChI is InChI=1S/C20H17BrN8O/c1-12-18(23-26-28(12)17-7-3-5-14(21)11-17)20(30)22-15-6-2-4-13(10-15)19-24-25-27-29(19)16-8-9-16/h2-7,10-11,16H,8-9H2,1H3,(H,22,30). The van der Waals surface area contributed by atoms with Gasteiger partial charge < -0.3 is 5.32 Å². The first-order valence-corrected chi connectivity index (χ1v) is 10.3. The van der Waals surface area contributed by atoms with Crippen LogP contribution in [0.3, 0.4) is 0 Å². The molecule has 0 bridgehead atoms. The van der Waals surface area contributed by atoms with Crippen molar-refractivity contribution in [3.05, 3.63) is 64.4 Å². The molecular weight excluding hydrogens is 448 g/mol. The lowest BCUT2D eigenvalue weighted by Crippen LogP contribution is -2.14. The maximum absolute atomic E-state index is 12.8. The fourth-order valence-electron chi connectivity index (χ4n) is 3.27. The van der Waals surface area contributed by atoms with E-state index in [4.69, 9.17) is 0 Å². The van der Waals surface area contributed by atoms with E-state index in [1.807, 2.05) is 60.1 Å². The van der Waals surface area contributed by atoms with E-state index in [2.05, 4.69) is 47.1 Å². The van der Waals surface area contributed by atoms with Crippen molar-refractivity contribution in [3.63, 3.8) is 0 Å². The van der Waals surface area contributed by atoms with Gasteiger partial charge in [0.15, 0.2) is 11.5 Å². The second kappa shape index (κ2) is 7.45. The molecule has 1 aliphatic rings. The fourth-order valence-corrected chi connectivity index (χ4v) is 3.65. The smallest absolute Gasteiger partial charge is 0.278 e. The molecule has 9 nitrogen and oxygen atoms in total. The number of anilines is 1. The van der Waals surface area contributed by atoms with Crippen LogP contribution in [0.25, 0.3) is 17.1 Å². The molecule has 1 fully saturated rings. The van der Waals surface area contributed by atoms with Crippen LogP contribution in [0.5, 0.6) is 0 Å². The molecule has 2 heterocycles. The van der Waals surface area contributed by atoms with Gasteiger partial charge in [0.1, 0.15) is 0 Å². The molecular formula is C20H17BrN8O. The lowest BCUT2D eigenvalue weighted by molar-refractivity contribution is 0.102. The number of nitrogens with one attached hydrogen (secondary N) is 1. The Balaban J connectivity index is 1.39. The summed E-state index contributed by atoms with van der Waals surface area (Å²) in [5.74, 6) is 0.373. The van der Waals surface area contributed by atoms with E-state index in [1.165, 1.54) is 0 Å². The number of rotatable bonds is 5. The van der Waals surface area contributed by atoms with E-state index in [0.29, 0.717) is 23.2 Å². The van der Waals surface area contributed by atoms with Gasteiger partial charge in [0.2, 0.25) is 0 Å². The van der Waals surface area contributed by atoms with Crippen molar-refractivity contribution in [1.29, 1.82) is 0 Å². The highest BCUT2D eigenvalue weighted by Crippen LogP contribution is 2.36. The topological polar surface area (TPSA) is 103 Å². The highest BCUT2D eigenvalue weighted by atomic mass is 79.9. The van der Waals surface area contributed by atoms with E-state index in [1.54, 1.807) is 4.68 Å². The molecule has 5 rings (SSSR count). The lowest BCUT2D eigenvalue weighted by atomic mass is 10.2. The van der Waals surface area contributed by atoms with Crippen molar-refractivity contribution in [1.82, 2.24) is 35.2 Å². The lowest BCUT2D eigenvalue weighted by Gasteiger charge is -2.07. The minimum absolute atomic E-state index is 0.267. The van der Waals surface area contributed by atoms with Crippen LogP contribution in [0.4, 0.5) is 5.69 Å². The number of carbonyl (C=O) groups is 1. The maximum Gasteiger partial charge on any atom is 0.278 e. The average molecular weight is 465 g/mol. The summed E-state index contributed by atoms with van der Waals surface area (Å²) in [6.45, 7) is 1.82. The van der Waals surface area contributed by atoms with Crippen LogP contribution in [0.15, 0.2) is 53.0 Å². The van der Waals surface area contributed by atoms with E-state index < -0.39 is 0 Å². The first kappa shape index (κ1) is 18.6. The third-order valence-electron chi connectivity index (χ3n) is 4.93. The number of benzene rings is 2. The molecule has 4 aromatic rings. The molecule has 0 spiro atoms. The van der Waals surface area contributed by atoms with Crippen LogP contribution in [-0.2, 0) is 0 Å². The Kier molecular flexibility index (Phi) is 4.62. The van der Waals surface area contributed by atoms with Gasteiger partial charge in [-0.05, 0) is 60.5 Å². The summed E-state index contributed by atoms with van der Waals surface area (Å²) in [5, 5.41) is 23.2. The van der Waals surface area contributed by atoms with E-state index in [-0.39, 0.29) is 11.6 Å². The Bertz CT molecular complexity index is 1240. The minimum atomic E-state index is -0.326. The van der Waals surface area contributed by atoms with E-state index >= 15 is 0 Å². The normalized spacial score (nSPS) is 13.4. The van der Waals surface area contributed by atoms with Crippen LogP contribution in [0, 0.1) is 6.92 Å². The molecule has 0 unspecified atom stereocenters. The molecule has 30 heavy (non-hydrogen) atoms. The molecule has 2 aromatic carbocycles. The Morgan fingerprint density at radius 1 is 1.10 bits per heavy atom. The average Bonchev–Trinajstić information content (AvgIpc) is 3.33. The van der Waals surface area contributed by atoms with Crippen molar-refractivity contribution < 1.29 is 4.79 Å². The number of hydrogen-bond donors (Lipinski definition) is 1. The van der Waals surface area contributed by atoms with Crippen LogP contribution in [-0.4, -0.2) is 41.1 Å². The number of halogens is 1. The molecule has 10 heteroatoms.